The lowest BCUT2D eigenvalue weighted by molar-refractivity contribution is 0.249. The lowest BCUT2D eigenvalue weighted by Crippen LogP contribution is -2.33. The number of nitrogens with one attached hydrogen (secondary N) is 3. The van der Waals surface area contributed by atoms with Gasteiger partial charge in [-0.1, -0.05) is 12.0 Å². The number of anilines is 1. The molecule has 5 N–H and O–H groups in total. The predicted molar refractivity (Wildman–Crippen MR) is 67.1 cm³/mol. The van der Waals surface area contributed by atoms with Crippen LogP contribution in [0.15, 0.2) is 4.42 Å². The lowest BCUT2D eigenvalue weighted by Gasteiger charge is -2.07. The summed E-state index contributed by atoms with van der Waals surface area (Å²) < 4.78 is 5.41. The Balaban J connectivity index is 2.31. The van der Waals surface area contributed by atoms with Crippen LogP contribution in [0.5, 0.6) is 0 Å². The van der Waals surface area contributed by atoms with Gasteiger partial charge in [0.2, 0.25) is 5.89 Å². The first-order valence-corrected chi connectivity index (χ1v) is 5.97. The highest BCUT2D eigenvalue weighted by Crippen LogP contribution is 2.12. The molecular formula is C10H20N6O2. The van der Waals surface area contributed by atoms with Crippen LogP contribution in [0.4, 0.5) is 10.8 Å². The van der Waals surface area contributed by atoms with Crippen LogP contribution in [0, 0.1) is 0 Å². The third kappa shape index (κ3) is 5.00. The molecule has 8 heteroatoms. The third-order valence-electron chi connectivity index (χ3n) is 2.21. The molecule has 102 valence electrons. The molecule has 0 aliphatic rings. The van der Waals surface area contributed by atoms with Gasteiger partial charge in [-0.15, -0.1) is 5.10 Å². The van der Waals surface area contributed by atoms with Crippen LogP contribution in [0.2, 0.25) is 0 Å². The minimum atomic E-state index is -0.555. The van der Waals surface area contributed by atoms with E-state index in [1.54, 1.807) is 0 Å². The smallest absolute Gasteiger partial charge is 0.315 e. The summed E-state index contributed by atoms with van der Waals surface area (Å²) in [6, 6.07) is -0.196. The normalized spacial score (nSPS) is 12.1. The second-order valence-electron chi connectivity index (χ2n) is 3.84. The number of nitrogens with two attached hydrogens (primary N) is 1. The molecule has 0 aliphatic carbocycles. The van der Waals surface area contributed by atoms with Gasteiger partial charge in [0.1, 0.15) is 0 Å². The number of primary amides is 1. The first-order chi connectivity index (χ1) is 8.63. The number of amides is 2. The Morgan fingerprint density at radius 1 is 1.39 bits per heavy atom. The number of carbonyl (C=O) groups is 1. The van der Waals surface area contributed by atoms with Crippen LogP contribution in [0.25, 0.3) is 0 Å². The zero-order chi connectivity index (χ0) is 13.4. The van der Waals surface area contributed by atoms with Crippen molar-refractivity contribution in [2.24, 2.45) is 5.73 Å². The molecule has 1 atom stereocenters. The highest BCUT2D eigenvalue weighted by Gasteiger charge is 2.12. The molecule has 1 aromatic heterocycles. The van der Waals surface area contributed by atoms with Crippen molar-refractivity contribution in [2.45, 2.75) is 26.3 Å². The molecule has 0 aliphatic heterocycles. The largest absolute Gasteiger partial charge is 0.406 e. The van der Waals surface area contributed by atoms with Crippen LogP contribution in [-0.2, 0) is 0 Å². The van der Waals surface area contributed by atoms with Crippen molar-refractivity contribution in [2.75, 3.05) is 25.0 Å². The van der Waals surface area contributed by atoms with Crippen molar-refractivity contribution >= 4 is 12.0 Å². The second kappa shape index (κ2) is 7.49. The van der Waals surface area contributed by atoms with Crippen molar-refractivity contribution in [3.63, 3.8) is 0 Å². The molecule has 2 amide bonds. The summed E-state index contributed by atoms with van der Waals surface area (Å²) in [5.41, 5.74) is 4.92. The Kier molecular flexibility index (Phi) is 5.92. The van der Waals surface area contributed by atoms with Gasteiger partial charge in [0.15, 0.2) is 0 Å². The van der Waals surface area contributed by atoms with Crippen molar-refractivity contribution < 1.29 is 9.21 Å². The van der Waals surface area contributed by atoms with E-state index in [9.17, 15) is 4.79 Å². The van der Waals surface area contributed by atoms with Gasteiger partial charge in [-0.3, -0.25) is 0 Å². The fourth-order valence-corrected chi connectivity index (χ4v) is 1.28. The van der Waals surface area contributed by atoms with E-state index in [4.69, 9.17) is 10.2 Å². The number of rotatable bonds is 8. The summed E-state index contributed by atoms with van der Waals surface area (Å²) in [6.07, 6.45) is 1.04. The molecule has 0 bridgehead atoms. The maximum absolute atomic E-state index is 10.4. The quantitative estimate of drug-likeness (QED) is 0.494. The van der Waals surface area contributed by atoms with Crippen molar-refractivity contribution in [3.05, 3.63) is 5.89 Å². The molecule has 1 heterocycles. The summed E-state index contributed by atoms with van der Waals surface area (Å²) in [5, 5.41) is 16.4. The Morgan fingerprint density at radius 2 is 2.17 bits per heavy atom. The van der Waals surface area contributed by atoms with Crippen molar-refractivity contribution in [3.8, 4) is 0 Å². The Morgan fingerprint density at radius 3 is 2.83 bits per heavy atom. The SMILES string of the molecule is CCCNC(C)c1nnc(NCCNC(N)=O)o1. The van der Waals surface area contributed by atoms with Gasteiger partial charge in [-0.25, -0.2) is 4.79 Å². The number of hydrogen-bond donors (Lipinski definition) is 4. The van der Waals surface area contributed by atoms with Crippen LogP contribution < -0.4 is 21.7 Å². The van der Waals surface area contributed by atoms with Crippen LogP contribution in [-0.4, -0.2) is 35.9 Å². The fraction of sp³-hybridized carbons (Fsp3) is 0.700. The molecule has 18 heavy (non-hydrogen) atoms. The van der Waals surface area contributed by atoms with Gasteiger partial charge in [-0.2, -0.15) is 0 Å². The van der Waals surface area contributed by atoms with Crippen LogP contribution in [0.3, 0.4) is 0 Å². The van der Waals surface area contributed by atoms with Gasteiger partial charge in [0.25, 0.3) is 0 Å². The van der Waals surface area contributed by atoms with E-state index in [-0.39, 0.29) is 6.04 Å². The van der Waals surface area contributed by atoms with E-state index in [0.29, 0.717) is 25.0 Å². The highest BCUT2D eigenvalue weighted by molar-refractivity contribution is 5.71. The lowest BCUT2D eigenvalue weighted by atomic mass is 10.3. The third-order valence-corrected chi connectivity index (χ3v) is 2.21. The van der Waals surface area contributed by atoms with E-state index < -0.39 is 6.03 Å². The molecular weight excluding hydrogens is 236 g/mol. The van der Waals surface area contributed by atoms with Crippen LogP contribution in [0.1, 0.15) is 32.2 Å². The maximum atomic E-state index is 10.4. The standard InChI is InChI=1S/C10H20N6O2/c1-3-4-12-7(2)8-15-16-10(18-8)14-6-5-13-9(11)17/h7,12H,3-6H2,1-2H3,(H,14,16)(H3,11,13,17). The zero-order valence-electron chi connectivity index (χ0n) is 10.7. The van der Waals surface area contributed by atoms with Gasteiger partial charge in [0.05, 0.1) is 6.04 Å². The molecule has 8 nitrogen and oxygen atoms in total. The minimum Gasteiger partial charge on any atom is -0.406 e. The molecule has 0 aromatic carbocycles. The van der Waals surface area contributed by atoms with Gasteiger partial charge in [0, 0.05) is 13.1 Å². The summed E-state index contributed by atoms with van der Waals surface area (Å²) >= 11 is 0. The highest BCUT2D eigenvalue weighted by atomic mass is 16.4. The minimum absolute atomic E-state index is 0.0248. The molecule has 0 radical (unpaired) electrons. The molecule has 0 saturated heterocycles. The second-order valence-corrected chi connectivity index (χ2v) is 3.84. The molecule has 1 rings (SSSR count). The number of aromatic nitrogens is 2. The number of nitrogens with zero attached hydrogens (tertiary/aromatic N) is 2. The van der Waals surface area contributed by atoms with Gasteiger partial charge < -0.3 is 26.1 Å². The van der Waals surface area contributed by atoms with Crippen molar-refractivity contribution in [1.29, 1.82) is 0 Å². The summed E-state index contributed by atoms with van der Waals surface area (Å²) in [6.45, 7) is 5.82. The van der Waals surface area contributed by atoms with Crippen LogP contribution >= 0.6 is 0 Å². The molecule has 0 fully saturated rings. The topological polar surface area (TPSA) is 118 Å². The maximum Gasteiger partial charge on any atom is 0.315 e. The Labute approximate surface area is 106 Å². The monoisotopic (exact) mass is 256 g/mol. The number of hydrogen-bond acceptors (Lipinski definition) is 6. The van der Waals surface area contributed by atoms with E-state index in [1.165, 1.54) is 0 Å². The average Bonchev–Trinajstić information content (AvgIpc) is 2.80. The number of urea groups is 1. The first kappa shape index (κ1) is 14.2. The Hall–Kier alpha value is -1.83. The Bertz CT molecular complexity index is 367. The molecule has 0 saturated carbocycles. The summed E-state index contributed by atoms with van der Waals surface area (Å²) in [4.78, 5) is 10.4. The molecule has 1 unspecified atom stereocenters. The van der Waals surface area contributed by atoms with E-state index in [0.717, 1.165) is 13.0 Å². The molecule has 0 spiro atoms. The molecule has 1 aromatic rings. The summed E-state index contributed by atoms with van der Waals surface area (Å²) in [5.74, 6) is 0.536. The predicted octanol–water partition coefficient (Wildman–Crippen LogP) is 0.210. The van der Waals surface area contributed by atoms with Crippen molar-refractivity contribution in [1.82, 2.24) is 20.8 Å². The summed E-state index contributed by atoms with van der Waals surface area (Å²) in [7, 11) is 0. The van der Waals surface area contributed by atoms with Gasteiger partial charge in [-0.05, 0) is 19.9 Å². The zero-order valence-corrected chi connectivity index (χ0v) is 10.7. The van der Waals surface area contributed by atoms with E-state index in [2.05, 4.69) is 33.1 Å². The van der Waals surface area contributed by atoms with E-state index >= 15 is 0 Å². The average molecular weight is 256 g/mol. The number of carbonyl (C=O) groups excluding carboxylic acids is 1. The first-order valence-electron chi connectivity index (χ1n) is 5.97. The fourth-order valence-electron chi connectivity index (χ4n) is 1.28. The van der Waals surface area contributed by atoms with E-state index in [1.807, 2.05) is 6.92 Å². The van der Waals surface area contributed by atoms with Gasteiger partial charge >= 0.3 is 12.0 Å².